The average Bonchev–Trinajstić information content (AvgIpc) is 3.52. The minimum atomic E-state index is -0.554. The lowest BCUT2D eigenvalue weighted by atomic mass is 9.68. The highest BCUT2D eigenvalue weighted by Gasteiger charge is 2.72. The molecule has 2 aliphatic heterocycles. The highest BCUT2D eigenvalue weighted by Crippen LogP contribution is 2.59. The van der Waals surface area contributed by atoms with E-state index in [1.807, 2.05) is 0 Å². The van der Waals surface area contributed by atoms with Gasteiger partial charge in [0.05, 0.1) is 24.5 Å². The maximum absolute atomic E-state index is 12.1. The van der Waals surface area contributed by atoms with Crippen LogP contribution in [0, 0.1) is 5.92 Å². The van der Waals surface area contributed by atoms with Gasteiger partial charge in [0.2, 0.25) is 0 Å². The van der Waals surface area contributed by atoms with Gasteiger partial charge in [-0.1, -0.05) is 11.6 Å². The van der Waals surface area contributed by atoms with Crippen LogP contribution < -0.4 is 0 Å². The predicted molar refractivity (Wildman–Crippen MR) is 99.8 cm³/mol. The van der Waals surface area contributed by atoms with Gasteiger partial charge < -0.3 is 18.9 Å². The van der Waals surface area contributed by atoms with Gasteiger partial charge in [0, 0.05) is 7.11 Å². The molecule has 0 bridgehead atoms. The summed E-state index contributed by atoms with van der Waals surface area (Å²) in [6.45, 7) is 6.91. The molecule has 3 rings (SSSR count). The third-order valence-corrected chi connectivity index (χ3v) is 6.31. The van der Waals surface area contributed by atoms with Crippen LogP contribution >= 0.6 is 11.6 Å². The van der Waals surface area contributed by atoms with E-state index in [2.05, 4.69) is 26.8 Å². The van der Waals surface area contributed by atoms with Crippen LogP contribution in [0.3, 0.4) is 0 Å². The largest absolute Gasteiger partial charge is 0.459 e. The van der Waals surface area contributed by atoms with Crippen molar-refractivity contribution in [3.05, 3.63) is 11.6 Å². The molecule has 1 saturated carbocycles. The van der Waals surface area contributed by atoms with Crippen LogP contribution in [0.1, 0.15) is 46.5 Å². The fraction of sp³-hybridized carbons (Fsp3) is 0.800. The van der Waals surface area contributed by atoms with E-state index in [1.165, 1.54) is 5.57 Å². The van der Waals surface area contributed by atoms with Crippen molar-refractivity contribution >= 4 is 23.4 Å². The number of allylic oxidation sites excluding steroid dienone is 1. The summed E-state index contributed by atoms with van der Waals surface area (Å²) in [6.07, 6.45) is 3.49. The number of ether oxygens (including phenoxy) is 4. The van der Waals surface area contributed by atoms with Crippen LogP contribution in [-0.2, 0) is 28.5 Å². The van der Waals surface area contributed by atoms with Crippen molar-refractivity contribution < 1.29 is 28.5 Å². The molecule has 0 amide bonds. The lowest BCUT2D eigenvalue weighted by Gasteiger charge is -2.42. The van der Waals surface area contributed by atoms with Gasteiger partial charge in [0.1, 0.15) is 29.8 Å². The number of epoxide rings is 2. The Hall–Kier alpha value is -0.950. The molecule has 1 unspecified atom stereocenters. The Kier molecular flexibility index (Phi) is 6.02. The van der Waals surface area contributed by atoms with E-state index in [-0.39, 0.29) is 47.4 Å². The number of rotatable bonds is 8. The first kappa shape index (κ1) is 20.8. The Balaban J connectivity index is 1.73. The molecule has 27 heavy (non-hydrogen) atoms. The standard InChI is InChI=1S/C20H29ClO6/c1-12(2)5-6-15-19(3,27-15)18-17(24-4)14(7-8-20(18)11-25-20)26-16(23)9-13(22)10-21/h5,14-15,17-18H,6-11H2,1-4H3/t14-,15-,17-,18?,19+,20+/m1/s1. The second-order valence-electron chi connectivity index (χ2n) is 8.26. The molecule has 152 valence electrons. The van der Waals surface area contributed by atoms with Gasteiger partial charge >= 0.3 is 5.97 Å². The zero-order valence-corrected chi connectivity index (χ0v) is 17.2. The Morgan fingerprint density at radius 3 is 2.59 bits per heavy atom. The van der Waals surface area contributed by atoms with Gasteiger partial charge in [0.15, 0.2) is 5.78 Å². The molecular weight excluding hydrogens is 372 g/mol. The number of Topliss-reactive ketones (excluding diaryl/α,β-unsaturated/α-hetero) is 1. The maximum Gasteiger partial charge on any atom is 0.313 e. The number of esters is 1. The van der Waals surface area contributed by atoms with Crippen molar-refractivity contribution in [3.8, 4) is 0 Å². The maximum atomic E-state index is 12.1. The summed E-state index contributed by atoms with van der Waals surface area (Å²) >= 11 is 5.48. The fourth-order valence-electron chi connectivity index (χ4n) is 4.49. The predicted octanol–water partition coefficient (Wildman–Crippen LogP) is 2.80. The van der Waals surface area contributed by atoms with E-state index >= 15 is 0 Å². The van der Waals surface area contributed by atoms with Crippen molar-refractivity contribution in [1.29, 1.82) is 0 Å². The first-order valence-corrected chi connectivity index (χ1v) is 10.0. The molecule has 3 fully saturated rings. The van der Waals surface area contributed by atoms with Crippen molar-refractivity contribution in [2.75, 3.05) is 19.6 Å². The molecule has 1 aliphatic carbocycles. The van der Waals surface area contributed by atoms with Crippen molar-refractivity contribution in [2.24, 2.45) is 5.92 Å². The number of halogens is 1. The van der Waals surface area contributed by atoms with E-state index in [4.69, 9.17) is 30.5 Å². The molecule has 1 spiro atoms. The molecule has 2 heterocycles. The zero-order chi connectivity index (χ0) is 19.8. The van der Waals surface area contributed by atoms with Gasteiger partial charge in [-0.15, -0.1) is 11.6 Å². The normalized spacial score (nSPS) is 39.7. The Morgan fingerprint density at radius 2 is 2.04 bits per heavy atom. The van der Waals surface area contributed by atoms with Crippen LogP contribution in [-0.4, -0.2) is 60.9 Å². The highest BCUT2D eigenvalue weighted by atomic mass is 35.5. The SMILES string of the molecule is CO[C@H]1C([C@@]2(C)O[C@@H]2CC=C(C)C)[C@]2(CC[C@H]1OC(=O)CC(=O)CCl)CO2. The number of methoxy groups -OCH3 is 1. The van der Waals surface area contributed by atoms with Crippen LogP contribution in [0.2, 0.25) is 0 Å². The first-order valence-electron chi connectivity index (χ1n) is 9.51. The summed E-state index contributed by atoms with van der Waals surface area (Å²) < 4.78 is 23.4. The van der Waals surface area contributed by atoms with Crippen LogP contribution in [0.25, 0.3) is 0 Å². The molecule has 2 saturated heterocycles. The van der Waals surface area contributed by atoms with E-state index < -0.39 is 12.1 Å². The van der Waals surface area contributed by atoms with Gasteiger partial charge in [-0.3, -0.25) is 9.59 Å². The first-order chi connectivity index (χ1) is 12.8. The summed E-state index contributed by atoms with van der Waals surface area (Å²) in [5, 5.41) is 0. The van der Waals surface area contributed by atoms with Crippen molar-refractivity contribution in [1.82, 2.24) is 0 Å². The summed E-state index contributed by atoms with van der Waals surface area (Å²) in [7, 11) is 1.63. The van der Waals surface area contributed by atoms with E-state index in [0.29, 0.717) is 13.0 Å². The number of hydrogen-bond acceptors (Lipinski definition) is 6. The third kappa shape index (κ3) is 4.24. The fourth-order valence-corrected chi connectivity index (χ4v) is 4.58. The molecule has 0 aromatic heterocycles. The molecule has 6 atom stereocenters. The van der Waals surface area contributed by atoms with Crippen molar-refractivity contribution in [2.45, 2.75) is 76.0 Å². The van der Waals surface area contributed by atoms with Gasteiger partial charge in [-0.2, -0.15) is 0 Å². The smallest absolute Gasteiger partial charge is 0.313 e. The van der Waals surface area contributed by atoms with Crippen LogP contribution in [0.4, 0.5) is 0 Å². The summed E-state index contributed by atoms with van der Waals surface area (Å²) in [6, 6.07) is 0. The average molecular weight is 401 g/mol. The molecule has 0 N–H and O–H groups in total. The molecule has 7 heteroatoms. The summed E-state index contributed by atoms with van der Waals surface area (Å²) in [4.78, 5) is 23.5. The summed E-state index contributed by atoms with van der Waals surface area (Å²) in [5.74, 6) is -1.11. The van der Waals surface area contributed by atoms with Gasteiger partial charge in [0.25, 0.3) is 0 Å². The Bertz CT molecular complexity index is 624. The molecular formula is C20H29ClO6. The second-order valence-corrected chi connectivity index (χ2v) is 8.52. The van der Waals surface area contributed by atoms with Gasteiger partial charge in [-0.05, 0) is 40.0 Å². The number of hydrogen-bond donors (Lipinski definition) is 0. The van der Waals surface area contributed by atoms with Crippen LogP contribution in [0.15, 0.2) is 11.6 Å². The van der Waals surface area contributed by atoms with E-state index in [9.17, 15) is 9.59 Å². The molecule has 0 aromatic rings. The number of carbonyl (C=O) groups excluding carboxylic acids is 2. The van der Waals surface area contributed by atoms with Crippen molar-refractivity contribution in [3.63, 3.8) is 0 Å². The minimum Gasteiger partial charge on any atom is -0.459 e. The monoisotopic (exact) mass is 400 g/mol. The molecule has 3 aliphatic rings. The number of ketones is 1. The zero-order valence-electron chi connectivity index (χ0n) is 16.5. The molecule has 6 nitrogen and oxygen atoms in total. The number of carbonyl (C=O) groups is 2. The Labute approximate surface area is 165 Å². The van der Waals surface area contributed by atoms with E-state index in [0.717, 1.165) is 12.8 Å². The topological polar surface area (TPSA) is 77.7 Å². The minimum absolute atomic E-state index is 0.0270. The second kappa shape index (κ2) is 7.82. The van der Waals surface area contributed by atoms with Gasteiger partial charge in [-0.25, -0.2) is 0 Å². The third-order valence-electron chi connectivity index (χ3n) is 6.01. The highest BCUT2D eigenvalue weighted by molar-refractivity contribution is 6.28. The molecule has 0 radical (unpaired) electrons. The summed E-state index contributed by atoms with van der Waals surface area (Å²) in [5.41, 5.74) is 0.623. The van der Waals surface area contributed by atoms with E-state index in [1.54, 1.807) is 7.11 Å². The quantitative estimate of drug-likeness (QED) is 0.205. The van der Waals surface area contributed by atoms with Crippen LogP contribution in [0.5, 0.6) is 0 Å². The lowest BCUT2D eigenvalue weighted by Crippen LogP contribution is -2.55. The Morgan fingerprint density at radius 1 is 1.33 bits per heavy atom. The number of alkyl halides is 1. The molecule has 0 aromatic carbocycles. The lowest BCUT2D eigenvalue weighted by molar-refractivity contribution is -0.172.